The van der Waals surface area contributed by atoms with E-state index in [4.69, 9.17) is 0 Å². The van der Waals surface area contributed by atoms with E-state index >= 15 is 0 Å². The molecule has 0 radical (unpaired) electrons. The van der Waals surface area contributed by atoms with Crippen LogP contribution in [0.5, 0.6) is 0 Å². The van der Waals surface area contributed by atoms with Crippen LogP contribution in [0.2, 0.25) is 0 Å². The minimum absolute atomic E-state index is 0.427. The Morgan fingerprint density at radius 1 is 0.900 bits per heavy atom. The van der Waals surface area contributed by atoms with E-state index in [2.05, 4.69) is 13.8 Å². The van der Waals surface area contributed by atoms with E-state index in [0.717, 1.165) is 30.6 Å². The maximum atomic E-state index is 12.4. The smallest absolute Gasteiger partial charge is 0.135 e. The molecule has 0 heterocycles. The molecule has 0 aromatic rings. The maximum absolute atomic E-state index is 12.4. The van der Waals surface area contributed by atoms with Crippen LogP contribution in [0.3, 0.4) is 0 Å². The largest absolute Gasteiger partial charge is 0.299 e. The Balaban J connectivity index is 1.73. The monoisotopic (exact) mass is 278 g/mol. The predicted octanol–water partition coefficient (Wildman–Crippen LogP) is 5.77. The summed E-state index contributed by atoms with van der Waals surface area (Å²) in [5.41, 5.74) is 0. The molecule has 2 aliphatic rings. The quantitative estimate of drug-likeness (QED) is 0.540. The van der Waals surface area contributed by atoms with Gasteiger partial charge in [0, 0.05) is 12.3 Å². The van der Waals surface area contributed by atoms with Crippen LogP contribution in [0.25, 0.3) is 0 Å². The molecule has 0 aromatic heterocycles. The summed E-state index contributed by atoms with van der Waals surface area (Å²) in [6, 6.07) is 0. The number of Topliss-reactive ketones (excluding diaryl/α,β-unsaturated/α-hetero) is 1. The topological polar surface area (TPSA) is 17.1 Å². The maximum Gasteiger partial charge on any atom is 0.135 e. The lowest BCUT2D eigenvalue weighted by molar-refractivity contribution is -0.125. The molecule has 0 aliphatic heterocycles. The van der Waals surface area contributed by atoms with Crippen LogP contribution in [-0.2, 0) is 4.79 Å². The van der Waals surface area contributed by atoms with Crippen molar-refractivity contribution in [3.63, 3.8) is 0 Å². The van der Waals surface area contributed by atoms with Gasteiger partial charge in [0.1, 0.15) is 5.78 Å². The zero-order chi connectivity index (χ0) is 14.4. The third kappa shape index (κ3) is 4.33. The second-order valence-corrected chi connectivity index (χ2v) is 7.39. The summed E-state index contributed by atoms with van der Waals surface area (Å²) in [5.74, 6) is 3.85. The minimum atomic E-state index is 0.427. The molecule has 0 saturated heterocycles. The minimum Gasteiger partial charge on any atom is -0.299 e. The summed E-state index contributed by atoms with van der Waals surface area (Å²) in [4.78, 5) is 12.4. The zero-order valence-electron chi connectivity index (χ0n) is 13.7. The Bertz CT molecular complexity index is 296. The van der Waals surface area contributed by atoms with E-state index in [0.29, 0.717) is 11.7 Å². The van der Waals surface area contributed by atoms with Crippen LogP contribution < -0.4 is 0 Å². The fourth-order valence-electron chi connectivity index (χ4n) is 4.58. The molecule has 2 unspecified atom stereocenters. The molecule has 0 bridgehead atoms. The molecule has 0 aromatic carbocycles. The highest BCUT2D eigenvalue weighted by Crippen LogP contribution is 2.45. The fraction of sp³-hybridized carbons (Fsp3) is 0.947. The molecular weight excluding hydrogens is 244 g/mol. The summed E-state index contributed by atoms with van der Waals surface area (Å²) in [6.07, 6.45) is 15.2. The number of hydrogen-bond donors (Lipinski definition) is 0. The van der Waals surface area contributed by atoms with Crippen molar-refractivity contribution in [2.75, 3.05) is 0 Å². The summed E-state index contributed by atoms with van der Waals surface area (Å²) in [7, 11) is 0. The molecule has 4 atom stereocenters. The van der Waals surface area contributed by atoms with E-state index in [1.165, 1.54) is 64.2 Å². The van der Waals surface area contributed by atoms with Crippen LogP contribution in [0, 0.1) is 23.7 Å². The van der Waals surface area contributed by atoms with Crippen molar-refractivity contribution in [2.45, 2.75) is 90.9 Å². The SMILES string of the molecule is CCCCCCC(=O)[C@@H]1CC[C@@H]2CC(CC)CCC2C1. The predicted molar refractivity (Wildman–Crippen MR) is 85.7 cm³/mol. The van der Waals surface area contributed by atoms with Gasteiger partial charge in [0.25, 0.3) is 0 Å². The van der Waals surface area contributed by atoms with Gasteiger partial charge in [-0.3, -0.25) is 4.79 Å². The summed E-state index contributed by atoms with van der Waals surface area (Å²) in [6.45, 7) is 4.58. The number of fused-ring (bicyclic) bond motifs is 1. The van der Waals surface area contributed by atoms with Gasteiger partial charge < -0.3 is 0 Å². The number of carbonyl (C=O) groups is 1. The first-order valence-corrected chi connectivity index (χ1v) is 9.27. The highest BCUT2D eigenvalue weighted by molar-refractivity contribution is 5.81. The third-order valence-electron chi connectivity index (χ3n) is 6.03. The number of ketones is 1. The van der Waals surface area contributed by atoms with Gasteiger partial charge in [-0.1, -0.05) is 46.0 Å². The number of carbonyl (C=O) groups excluding carboxylic acids is 1. The average molecular weight is 278 g/mol. The second kappa shape index (κ2) is 8.20. The van der Waals surface area contributed by atoms with Gasteiger partial charge in [0.15, 0.2) is 0 Å². The molecule has 0 N–H and O–H groups in total. The molecule has 1 heteroatoms. The summed E-state index contributed by atoms with van der Waals surface area (Å²) in [5, 5.41) is 0. The summed E-state index contributed by atoms with van der Waals surface area (Å²) >= 11 is 0. The van der Waals surface area contributed by atoms with Crippen LogP contribution in [0.15, 0.2) is 0 Å². The van der Waals surface area contributed by atoms with Crippen molar-refractivity contribution in [2.24, 2.45) is 23.7 Å². The van der Waals surface area contributed by atoms with Crippen molar-refractivity contribution in [3.8, 4) is 0 Å². The molecule has 116 valence electrons. The van der Waals surface area contributed by atoms with E-state index in [-0.39, 0.29) is 0 Å². The number of hydrogen-bond acceptors (Lipinski definition) is 1. The Hall–Kier alpha value is -0.330. The second-order valence-electron chi connectivity index (χ2n) is 7.39. The molecule has 1 nitrogen and oxygen atoms in total. The van der Waals surface area contributed by atoms with Crippen molar-refractivity contribution in [3.05, 3.63) is 0 Å². The molecule has 2 fully saturated rings. The van der Waals surface area contributed by atoms with Crippen molar-refractivity contribution in [1.29, 1.82) is 0 Å². The number of rotatable bonds is 7. The Morgan fingerprint density at radius 3 is 2.40 bits per heavy atom. The average Bonchev–Trinajstić information content (AvgIpc) is 2.50. The molecule has 20 heavy (non-hydrogen) atoms. The first-order valence-electron chi connectivity index (χ1n) is 9.27. The van der Waals surface area contributed by atoms with Gasteiger partial charge in [-0.05, 0) is 56.3 Å². The van der Waals surface area contributed by atoms with Crippen LogP contribution in [0.1, 0.15) is 90.9 Å². The molecule has 0 amide bonds. The van der Waals surface area contributed by atoms with Crippen LogP contribution in [0.4, 0.5) is 0 Å². The third-order valence-corrected chi connectivity index (χ3v) is 6.03. The van der Waals surface area contributed by atoms with Gasteiger partial charge in [0.05, 0.1) is 0 Å². The normalized spacial score (nSPS) is 33.7. The molecule has 2 aliphatic carbocycles. The van der Waals surface area contributed by atoms with E-state index < -0.39 is 0 Å². The lowest BCUT2D eigenvalue weighted by Gasteiger charge is -2.41. The first kappa shape index (κ1) is 16.0. The van der Waals surface area contributed by atoms with E-state index in [9.17, 15) is 4.79 Å². The standard InChI is InChI=1S/C19H34O/c1-3-5-6-7-8-19(20)18-12-11-16-13-15(4-2)9-10-17(16)14-18/h15-18H,3-14H2,1-2H3/t15?,16-,17?,18-/m1/s1. The highest BCUT2D eigenvalue weighted by atomic mass is 16.1. The molecule has 0 spiro atoms. The Labute approximate surface area is 125 Å². The van der Waals surface area contributed by atoms with E-state index in [1.54, 1.807) is 0 Å². The molecule has 2 saturated carbocycles. The van der Waals surface area contributed by atoms with Gasteiger partial charge in [0.2, 0.25) is 0 Å². The fourth-order valence-corrected chi connectivity index (χ4v) is 4.58. The van der Waals surface area contributed by atoms with Crippen molar-refractivity contribution < 1.29 is 4.79 Å². The summed E-state index contributed by atoms with van der Waals surface area (Å²) < 4.78 is 0. The Kier molecular flexibility index (Phi) is 6.58. The molecular formula is C19H34O. The highest BCUT2D eigenvalue weighted by Gasteiger charge is 2.36. The zero-order valence-corrected chi connectivity index (χ0v) is 13.7. The van der Waals surface area contributed by atoms with Gasteiger partial charge in [-0.2, -0.15) is 0 Å². The van der Waals surface area contributed by atoms with Crippen molar-refractivity contribution in [1.82, 2.24) is 0 Å². The van der Waals surface area contributed by atoms with Crippen LogP contribution >= 0.6 is 0 Å². The van der Waals surface area contributed by atoms with Gasteiger partial charge in [-0.25, -0.2) is 0 Å². The first-order chi connectivity index (χ1) is 9.74. The Morgan fingerprint density at radius 2 is 1.65 bits per heavy atom. The van der Waals surface area contributed by atoms with Crippen molar-refractivity contribution >= 4 is 5.78 Å². The molecule has 2 rings (SSSR count). The lowest BCUT2D eigenvalue weighted by atomic mass is 9.63. The van der Waals surface area contributed by atoms with Gasteiger partial charge >= 0.3 is 0 Å². The van der Waals surface area contributed by atoms with Gasteiger partial charge in [-0.15, -0.1) is 0 Å². The van der Waals surface area contributed by atoms with E-state index in [1.807, 2.05) is 0 Å². The lowest BCUT2D eigenvalue weighted by Crippen LogP contribution is -2.33. The van der Waals surface area contributed by atoms with Crippen LogP contribution in [-0.4, -0.2) is 5.78 Å². The number of unbranched alkanes of at least 4 members (excludes halogenated alkanes) is 3.